The molecule has 2 aromatic heterocycles. The molecule has 0 saturated heterocycles. The van der Waals surface area contributed by atoms with E-state index < -0.39 is 17.9 Å². The van der Waals surface area contributed by atoms with Crippen LogP contribution >= 0.6 is 11.5 Å². The molecule has 1 fully saturated rings. The van der Waals surface area contributed by atoms with Crippen molar-refractivity contribution >= 4 is 34.9 Å². The number of aromatic nitrogens is 1. The second-order valence-corrected chi connectivity index (χ2v) is 9.05. The van der Waals surface area contributed by atoms with E-state index in [2.05, 4.69) is 9.69 Å². The number of nitrogens with zero attached hydrogens (tertiary/aromatic N) is 2. The Morgan fingerprint density at radius 1 is 1.15 bits per heavy atom. The maximum atomic E-state index is 13.7. The van der Waals surface area contributed by atoms with Gasteiger partial charge in [0.15, 0.2) is 11.7 Å². The minimum Gasteiger partial charge on any atom is -0.467 e. The Bertz CT molecular complexity index is 1140. The molecule has 0 spiro atoms. The first-order valence-corrected chi connectivity index (χ1v) is 12.0. The van der Waals surface area contributed by atoms with Gasteiger partial charge in [-0.25, -0.2) is 0 Å². The molecular formula is C24H27N5O4S. The molecule has 2 heterocycles. The van der Waals surface area contributed by atoms with Gasteiger partial charge in [0.2, 0.25) is 0 Å². The molecule has 1 aromatic carbocycles. The minimum absolute atomic E-state index is 0.0611. The Morgan fingerprint density at radius 3 is 2.50 bits per heavy atom. The molecule has 1 aliphatic carbocycles. The molecule has 3 aromatic rings. The van der Waals surface area contributed by atoms with Crippen LogP contribution in [0.2, 0.25) is 0 Å². The summed E-state index contributed by atoms with van der Waals surface area (Å²) in [6.07, 6.45) is 5.89. The van der Waals surface area contributed by atoms with Gasteiger partial charge >= 0.3 is 0 Å². The summed E-state index contributed by atoms with van der Waals surface area (Å²) in [6, 6.07) is 12.1. The van der Waals surface area contributed by atoms with Crippen LogP contribution in [0.5, 0.6) is 0 Å². The lowest BCUT2D eigenvalue weighted by molar-refractivity contribution is -0.127. The van der Waals surface area contributed by atoms with E-state index in [4.69, 9.17) is 15.9 Å². The highest BCUT2D eigenvalue weighted by Gasteiger charge is 2.37. The molecule has 34 heavy (non-hydrogen) atoms. The molecule has 1 aliphatic rings. The van der Waals surface area contributed by atoms with Crippen LogP contribution in [0, 0.1) is 0 Å². The molecule has 0 bridgehead atoms. The number of rotatable bonds is 9. The van der Waals surface area contributed by atoms with E-state index in [0.29, 0.717) is 12.2 Å². The van der Waals surface area contributed by atoms with Crippen LogP contribution < -0.4 is 16.8 Å². The van der Waals surface area contributed by atoms with Crippen LogP contribution in [0.25, 0.3) is 0 Å². The second kappa shape index (κ2) is 10.5. The number of carbonyl (C=O) groups is 3. The maximum Gasteiger partial charge on any atom is 0.270 e. The van der Waals surface area contributed by atoms with Crippen molar-refractivity contribution in [1.82, 2.24) is 14.6 Å². The molecule has 10 heteroatoms. The number of amides is 3. The zero-order valence-corrected chi connectivity index (χ0v) is 19.4. The molecule has 4 rings (SSSR count). The van der Waals surface area contributed by atoms with Crippen molar-refractivity contribution in [2.75, 3.05) is 12.3 Å². The number of benzene rings is 1. The van der Waals surface area contributed by atoms with Gasteiger partial charge in [0, 0.05) is 12.6 Å². The molecule has 0 radical (unpaired) electrons. The Morgan fingerprint density at radius 2 is 1.88 bits per heavy atom. The molecule has 9 nitrogen and oxygen atoms in total. The largest absolute Gasteiger partial charge is 0.467 e. The van der Waals surface area contributed by atoms with E-state index >= 15 is 0 Å². The Balaban J connectivity index is 1.69. The van der Waals surface area contributed by atoms with Gasteiger partial charge in [-0.3, -0.25) is 14.4 Å². The van der Waals surface area contributed by atoms with E-state index in [1.165, 1.54) is 11.2 Å². The highest BCUT2D eigenvalue weighted by atomic mass is 32.1. The summed E-state index contributed by atoms with van der Waals surface area (Å²) in [5.74, 6) is -1.30. The van der Waals surface area contributed by atoms with Crippen molar-refractivity contribution in [3.8, 4) is 0 Å². The number of hydrogen-bond acceptors (Lipinski definition) is 7. The van der Waals surface area contributed by atoms with Crippen LogP contribution in [-0.4, -0.2) is 39.6 Å². The smallest absolute Gasteiger partial charge is 0.270 e. The zero-order valence-electron chi connectivity index (χ0n) is 18.6. The summed E-state index contributed by atoms with van der Waals surface area (Å²) < 4.78 is 9.56. The molecule has 178 valence electrons. The third-order valence-electron chi connectivity index (χ3n) is 5.97. The van der Waals surface area contributed by atoms with Crippen molar-refractivity contribution in [2.45, 2.75) is 44.2 Å². The summed E-state index contributed by atoms with van der Waals surface area (Å²) in [5, 5.41) is 3.08. The first-order chi connectivity index (χ1) is 16.5. The van der Waals surface area contributed by atoms with E-state index in [1.54, 1.807) is 12.1 Å². The third kappa shape index (κ3) is 5.12. The lowest BCUT2D eigenvalue weighted by Gasteiger charge is -2.30. The van der Waals surface area contributed by atoms with E-state index in [1.807, 2.05) is 30.3 Å². The van der Waals surface area contributed by atoms with Gasteiger partial charge in [-0.2, -0.15) is 4.37 Å². The second-order valence-electron chi connectivity index (χ2n) is 8.28. The lowest BCUT2D eigenvalue weighted by atomic mass is 10.1. The van der Waals surface area contributed by atoms with E-state index in [-0.39, 0.29) is 34.8 Å². The van der Waals surface area contributed by atoms with Gasteiger partial charge in [-0.1, -0.05) is 43.2 Å². The zero-order chi connectivity index (χ0) is 24.1. The predicted octanol–water partition coefficient (Wildman–Crippen LogP) is 2.90. The normalized spacial score (nSPS) is 14.6. The monoisotopic (exact) mass is 481 g/mol. The molecule has 0 unspecified atom stereocenters. The highest BCUT2D eigenvalue weighted by Crippen LogP contribution is 2.30. The summed E-state index contributed by atoms with van der Waals surface area (Å²) >= 11 is 0.793. The van der Waals surface area contributed by atoms with Crippen molar-refractivity contribution in [3.63, 3.8) is 0 Å². The maximum absolute atomic E-state index is 13.7. The number of hydrogen-bond donors (Lipinski definition) is 3. The number of anilines is 1. The fourth-order valence-corrected chi connectivity index (χ4v) is 4.98. The quantitative estimate of drug-likeness (QED) is 0.429. The topological polar surface area (TPSA) is 145 Å². The number of furan rings is 1. The Hall–Kier alpha value is -3.66. The van der Waals surface area contributed by atoms with Crippen molar-refractivity contribution in [1.29, 1.82) is 0 Å². The van der Waals surface area contributed by atoms with Gasteiger partial charge in [0.1, 0.15) is 10.6 Å². The van der Waals surface area contributed by atoms with E-state index in [9.17, 15) is 14.4 Å². The molecule has 0 aliphatic heterocycles. The van der Waals surface area contributed by atoms with E-state index in [0.717, 1.165) is 42.8 Å². The van der Waals surface area contributed by atoms with Crippen LogP contribution in [0.15, 0.2) is 53.1 Å². The number of nitrogen functional groups attached to an aromatic ring is 1. The summed E-state index contributed by atoms with van der Waals surface area (Å²) in [4.78, 5) is 40.4. The van der Waals surface area contributed by atoms with Gasteiger partial charge in [0.25, 0.3) is 17.7 Å². The summed E-state index contributed by atoms with van der Waals surface area (Å²) in [6.45, 7) is 0.218. The van der Waals surface area contributed by atoms with Crippen LogP contribution in [0.1, 0.15) is 63.2 Å². The van der Waals surface area contributed by atoms with Crippen LogP contribution in [0.3, 0.4) is 0 Å². The summed E-state index contributed by atoms with van der Waals surface area (Å²) in [7, 11) is 0. The van der Waals surface area contributed by atoms with Crippen molar-refractivity contribution < 1.29 is 18.8 Å². The van der Waals surface area contributed by atoms with Gasteiger partial charge in [-0.15, -0.1) is 0 Å². The number of carbonyl (C=O) groups excluding carboxylic acids is 3. The highest BCUT2D eigenvalue weighted by molar-refractivity contribution is 7.09. The SMILES string of the molecule is NC(=O)c1nsc(C(=O)N(CCc2ccccc2)[C@H](C(=O)NC2CCCC2)c2ccco2)c1N. The lowest BCUT2D eigenvalue weighted by Crippen LogP contribution is -2.46. The number of primary amides is 1. The van der Waals surface area contributed by atoms with Crippen molar-refractivity contribution in [3.05, 3.63) is 70.6 Å². The first kappa shape index (κ1) is 23.5. The van der Waals surface area contributed by atoms with Crippen molar-refractivity contribution in [2.24, 2.45) is 5.73 Å². The summed E-state index contributed by atoms with van der Waals surface area (Å²) in [5.41, 5.74) is 12.2. The Kier molecular flexibility index (Phi) is 7.27. The Labute approximate surface area is 201 Å². The fourth-order valence-electron chi connectivity index (χ4n) is 4.22. The van der Waals surface area contributed by atoms with Crippen LogP contribution in [-0.2, 0) is 11.2 Å². The first-order valence-electron chi connectivity index (χ1n) is 11.2. The fraction of sp³-hybridized carbons (Fsp3) is 0.333. The van der Waals surface area contributed by atoms with Gasteiger partial charge in [-0.05, 0) is 48.5 Å². The molecule has 5 N–H and O–H groups in total. The molecule has 3 amide bonds. The van der Waals surface area contributed by atoms with Gasteiger partial charge in [0.05, 0.1) is 12.0 Å². The van der Waals surface area contributed by atoms with Crippen LogP contribution in [0.4, 0.5) is 5.69 Å². The molecular weight excluding hydrogens is 454 g/mol. The number of nitrogens with one attached hydrogen (secondary N) is 1. The molecule has 1 saturated carbocycles. The predicted molar refractivity (Wildman–Crippen MR) is 128 cm³/mol. The minimum atomic E-state index is -1.01. The standard InChI is InChI=1S/C24H27N5O4S/c25-18-19(22(26)30)28-34-21(18)24(32)29(13-12-15-7-2-1-3-8-15)20(17-11-6-14-33-17)23(31)27-16-9-4-5-10-16/h1-3,6-8,11,14,16,20H,4-5,9-10,12-13,25H2,(H2,26,30)(H,27,31)/t20-/m0/s1. The van der Waals surface area contributed by atoms with Gasteiger partial charge < -0.3 is 26.1 Å². The average molecular weight is 482 g/mol. The number of nitrogens with two attached hydrogens (primary N) is 2. The molecule has 1 atom stereocenters. The average Bonchev–Trinajstić information content (AvgIpc) is 3.59. The third-order valence-corrected chi connectivity index (χ3v) is 6.83.